The van der Waals surface area contributed by atoms with Gasteiger partial charge in [0.1, 0.15) is 6.33 Å². The lowest BCUT2D eigenvalue weighted by molar-refractivity contribution is 0.0945. The molecule has 7 heteroatoms. The fraction of sp³-hybridized carbons (Fsp3) is 0.500. The van der Waals surface area contributed by atoms with E-state index in [0.29, 0.717) is 18.0 Å². The molecule has 1 aliphatic rings. The number of rotatable bonds is 6. The van der Waals surface area contributed by atoms with E-state index < -0.39 is 0 Å². The van der Waals surface area contributed by atoms with Crippen molar-refractivity contribution in [1.82, 2.24) is 30.4 Å². The van der Waals surface area contributed by atoms with Crippen molar-refractivity contribution >= 4 is 5.91 Å². The molecule has 1 fully saturated rings. The molecular weight excluding hydrogens is 292 g/mol. The lowest BCUT2D eigenvalue weighted by atomic mass is 10.1. The minimum atomic E-state index is -0.0619. The highest BCUT2D eigenvalue weighted by Crippen LogP contribution is 2.11. The first-order chi connectivity index (χ1) is 11.2. The molecule has 2 aromatic rings. The van der Waals surface area contributed by atoms with Crippen molar-refractivity contribution in [2.45, 2.75) is 19.8 Å². The summed E-state index contributed by atoms with van der Waals surface area (Å²) in [6.07, 6.45) is 4.10. The Kier molecular flexibility index (Phi) is 4.97. The first-order valence-electron chi connectivity index (χ1n) is 8.06. The summed E-state index contributed by atoms with van der Waals surface area (Å²) in [7, 11) is 0. The minimum absolute atomic E-state index is 0.0619. The van der Waals surface area contributed by atoms with E-state index >= 15 is 0 Å². The number of benzene rings is 1. The van der Waals surface area contributed by atoms with Gasteiger partial charge in [0, 0.05) is 18.7 Å². The van der Waals surface area contributed by atoms with Crippen LogP contribution in [-0.4, -0.2) is 57.2 Å². The van der Waals surface area contributed by atoms with Crippen LogP contribution in [0.25, 0.3) is 5.69 Å². The molecular formula is C16H22N6O. The molecule has 1 saturated heterocycles. The van der Waals surface area contributed by atoms with Crippen molar-refractivity contribution < 1.29 is 4.79 Å². The topological polar surface area (TPSA) is 75.9 Å². The van der Waals surface area contributed by atoms with Crippen molar-refractivity contribution in [3.8, 4) is 5.69 Å². The van der Waals surface area contributed by atoms with Crippen LogP contribution < -0.4 is 5.32 Å². The summed E-state index contributed by atoms with van der Waals surface area (Å²) in [5.41, 5.74) is 1.39. The van der Waals surface area contributed by atoms with Crippen LogP contribution in [0.4, 0.5) is 0 Å². The molecule has 7 nitrogen and oxygen atoms in total. The second-order valence-electron chi connectivity index (χ2n) is 6.13. The molecule has 0 saturated carbocycles. The first-order valence-corrected chi connectivity index (χ1v) is 8.06. The average Bonchev–Trinajstić information content (AvgIpc) is 3.26. The SMILES string of the molecule is C[C@H](CNC(=O)c1cccc(-n2cnnn2)c1)CN1CCCC1. The zero-order valence-corrected chi connectivity index (χ0v) is 13.4. The molecule has 0 unspecified atom stereocenters. The van der Waals surface area contributed by atoms with E-state index in [0.717, 1.165) is 12.2 Å². The van der Waals surface area contributed by atoms with Crippen molar-refractivity contribution in [1.29, 1.82) is 0 Å². The maximum Gasteiger partial charge on any atom is 0.251 e. The number of amides is 1. The van der Waals surface area contributed by atoms with Gasteiger partial charge in [-0.05, 0) is 60.5 Å². The van der Waals surface area contributed by atoms with Crippen LogP contribution in [0.5, 0.6) is 0 Å². The van der Waals surface area contributed by atoms with Gasteiger partial charge >= 0.3 is 0 Å². The number of nitrogens with one attached hydrogen (secondary N) is 1. The van der Waals surface area contributed by atoms with E-state index in [2.05, 4.69) is 32.7 Å². The second kappa shape index (κ2) is 7.32. The number of hydrogen-bond acceptors (Lipinski definition) is 5. The highest BCUT2D eigenvalue weighted by atomic mass is 16.1. The Hall–Kier alpha value is -2.28. The summed E-state index contributed by atoms with van der Waals surface area (Å²) < 4.78 is 1.53. The van der Waals surface area contributed by atoms with Gasteiger partial charge in [0.2, 0.25) is 0 Å². The lowest BCUT2D eigenvalue weighted by Gasteiger charge is -2.20. The van der Waals surface area contributed by atoms with Crippen LogP contribution in [0.3, 0.4) is 0 Å². The summed E-state index contributed by atoms with van der Waals surface area (Å²) in [4.78, 5) is 14.8. The molecule has 0 radical (unpaired) electrons. The van der Waals surface area contributed by atoms with Gasteiger partial charge in [-0.1, -0.05) is 13.0 Å². The van der Waals surface area contributed by atoms with Crippen molar-refractivity contribution in [2.24, 2.45) is 5.92 Å². The maximum atomic E-state index is 12.3. The Morgan fingerprint density at radius 1 is 1.35 bits per heavy atom. The molecule has 1 N–H and O–H groups in total. The molecule has 1 amide bonds. The Labute approximate surface area is 135 Å². The van der Waals surface area contributed by atoms with Gasteiger partial charge in [-0.3, -0.25) is 4.79 Å². The molecule has 23 heavy (non-hydrogen) atoms. The fourth-order valence-electron chi connectivity index (χ4n) is 2.91. The molecule has 1 aromatic heterocycles. The predicted molar refractivity (Wildman–Crippen MR) is 86.3 cm³/mol. The second-order valence-corrected chi connectivity index (χ2v) is 6.13. The number of carbonyl (C=O) groups is 1. The van der Waals surface area contributed by atoms with Crippen molar-refractivity contribution in [3.05, 3.63) is 36.2 Å². The monoisotopic (exact) mass is 314 g/mol. The van der Waals surface area contributed by atoms with Crippen LogP contribution >= 0.6 is 0 Å². The molecule has 1 aromatic carbocycles. The van der Waals surface area contributed by atoms with E-state index in [1.165, 1.54) is 36.9 Å². The first kappa shape index (κ1) is 15.6. The number of nitrogens with zero attached hydrogens (tertiary/aromatic N) is 5. The largest absolute Gasteiger partial charge is 0.352 e. The summed E-state index contributed by atoms with van der Waals surface area (Å²) in [5.74, 6) is 0.382. The van der Waals surface area contributed by atoms with Gasteiger partial charge < -0.3 is 10.2 Å². The zero-order chi connectivity index (χ0) is 16.1. The average molecular weight is 314 g/mol. The van der Waals surface area contributed by atoms with Crippen LogP contribution in [0.15, 0.2) is 30.6 Å². The summed E-state index contributed by atoms with van der Waals surface area (Å²) >= 11 is 0. The fourth-order valence-corrected chi connectivity index (χ4v) is 2.91. The van der Waals surface area contributed by atoms with Crippen LogP contribution in [0, 0.1) is 5.92 Å². The van der Waals surface area contributed by atoms with Crippen LogP contribution in [0.1, 0.15) is 30.1 Å². The van der Waals surface area contributed by atoms with Gasteiger partial charge in [-0.2, -0.15) is 0 Å². The molecule has 1 atom stereocenters. The van der Waals surface area contributed by atoms with Crippen molar-refractivity contribution in [2.75, 3.05) is 26.2 Å². The van der Waals surface area contributed by atoms with E-state index in [-0.39, 0.29) is 5.91 Å². The number of aromatic nitrogens is 4. The molecule has 2 heterocycles. The molecule has 3 rings (SSSR count). The van der Waals surface area contributed by atoms with E-state index in [9.17, 15) is 4.79 Å². The smallest absolute Gasteiger partial charge is 0.251 e. The van der Waals surface area contributed by atoms with Crippen LogP contribution in [0.2, 0.25) is 0 Å². The molecule has 122 valence electrons. The Morgan fingerprint density at radius 3 is 2.91 bits per heavy atom. The third kappa shape index (κ3) is 4.13. The minimum Gasteiger partial charge on any atom is -0.352 e. The maximum absolute atomic E-state index is 12.3. The van der Waals surface area contributed by atoms with Gasteiger partial charge in [-0.15, -0.1) is 5.10 Å². The standard InChI is InChI=1S/C16H22N6O/c1-13(11-21-7-2-3-8-21)10-17-16(23)14-5-4-6-15(9-14)22-12-18-19-20-22/h4-6,9,12-13H,2-3,7-8,10-11H2,1H3,(H,17,23)/t13-/m1/s1. The summed E-state index contributed by atoms with van der Waals surface area (Å²) in [5, 5.41) is 14.1. The van der Waals surface area contributed by atoms with Gasteiger partial charge in [0.25, 0.3) is 5.91 Å². The number of tetrazole rings is 1. The van der Waals surface area contributed by atoms with Gasteiger partial charge in [0.05, 0.1) is 5.69 Å². The Morgan fingerprint density at radius 2 is 2.17 bits per heavy atom. The third-order valence-electron chi connectivity index (χ3n) is 4.10. The van der Waals surface area contributed by atoms with Crippen LogP contribution in [-0.2, 0) is 0 Å². The summed E-state index contributed by atoms with van der Waals surface area (Å²) in [6, 6.07) is 7.29. The zero-order valence-electron chi connectivity index (χ0n) is 13.4. The normalized spacial score (nSPS) is 16.4. The number of hydrogen-bond donors (Lipinski definition) is 1. The van der Waals surface area contributed by atoms with Gasteiger partial charge in [0.15, 0.2) is 0 Å². The quantitative estimate of drug-likeness (QED) is 0.865. The Balaban J connectivity index is 1.54. The van der Waals surface area contributed by atoms with E-state index in [4.69, 9.17) is 0 Å². The number of likely N-dealkylation sites (tertiary alicyclic amines) is 1. The molecule has 0 spiro atoms. The molecule has 1 aliphatic heterocycles. The predicted octanol–water partition coefficient (Wildman–Crippen LogP) is 1.12. The lowest BCUT2D eigenvalue weighted by Crippen LogP contribution is -2.34. The van der Waals surface area contributed by atoms with E-state index in [1.807, 2.05) is 12.1 Å². The third-order valence-corrected chi connectivity index (χ3v) is 4.10. The highest BCUT2D eigenvalue weighted by Gasteiger charge is 2.15. The Bertz CT molecular complexity index is 636. The number of carbonyl (C=O) groups excluding carboxylic acids is 1. The summed E-state index contributed by atoms with van der Waals surface area (Å²) in [6.45, 7) is 6.28. The highest BCUT2D eigenvalue weighted by molar-refractivity contribution is 5.94. The molecule has 0 bridgehead atoms. The van der Waals surface area contributed by atoms with Crippen molar-refractivity contribution in [3.63, 3.8) is 0 Å². The van der Waals surface area contributed by atoms with E-state index in [1.54, 1.807) is 12.1 Å². The van der Waals surface area contributed by atoms with Gasteiger partial charge in [-0.25, -0.2) is 4.68 Å². The molecule has 0 aliphatic carbocycles.